The molecule has 0 radical (unpaired) electrons. The van der Waals surface area contributed by atoms with Crippen LogP contribution in [-0.2, 0) is 4.84 Å². The van der Waals surface area contributed by atoms with Crippen LogP contribution in [0.4, 0.5) is 0 Å². The van der Waals surface area contributed by atoms with Crippen molar-refractivity contribution in [1.82, 2.24) is 15.2 Å². The van der Waals surface area contributed by atoms with Gasteiger partial charge in [-0.15, -0.1) is 10.2 Å². The third kappa shape index (κ3) is 7.21. The number of methoxy groups -OCH3 is 6. The maximum atomic E-state index is 12.8. The molecule has 0 unspecified atom stereocenters. The number of carbonyl (C=O) groups excluding carboxylic acids is 1. The number of thioether (sulfide) groups is 1. The average Bonchev–Trinajstić information content (AvgIpc) is 3.52. The van der Waals surface area contributed by atoms with Gasteiger partial charge in [0.2, 0.25) is 11.5 Å². The summed E-state index contributed by atoms with van der Waals surface area (Å²) in [6, 6.07) is 10.1. The molecule has 43 heavy (non-hydrogen) atoms. The number of pyridine rings is 1. The molecule has 0 aliphatic heterocycles. The second-order valence-corrected chi connectivity index (χ2v) is 10.8. The molecule has 226 valence electrons. The lowest BCUT2D eigenvalue weighted by atomic mass is 10.1. The summed E-state index contributed by atoms with van der Waals surface area (Å²) < 4.78 is 33.4. The Morgan fingerprint density at radius 3 is 1.98 bits per heavy atom. The number of halogens is 1. The van der Waals surface area contributed by atoms with Crippen LogP contribution in [0.1, 0.15) is 15.9 Å². The minimum Gasteiger partial charge on any atom is -0.493 e. The summed E-state index contributed by atoms with van der Waals surface area (Å²) in [4.78, 5) is 22.0. The van der Waals surface area contributed by atoms with Crippen molar-refractivity contribution in [1.29, 1.82) is 0 Å². The molecule has 0 amide bonds. The maximum Gasteiger partial charge on any atom is 0.368 e. The van der Waals surface area contributed by atoms with Crippen molar-refractivity contribution in [2.24, 2.45) is 5.16 Å². The molecule has 2 aromatic carbocycles. The number of hydrogen-bond acceptors (Lipinski definition) is 14. The van der Waals surface area contributed by atoms with Crippen LogP contribution >= 0.6 is 34.7 Å². The van der Waals surface area contributed by atoms with Crippen LogP contribution in [0.3, 0.4) is 0 Å². The van der Waals surface area contributed by atoms with E-state index in [0.717, 1.165) is 5.56 Å². The zero-order chi connectivity index (χ0) is 30.9. The molecule has 0 bridgehead atoms. The number of carbonyl (C=O) groups is 1. The summed E-state index contributed by atoms with van der Waals surface area (Å²) >= 11 is 8.75. The predicted molar refractivity (Wildman–Crippen MR) is 163 cm³/mol. The molecule has 0 aliphatic rings. The first-order valence-electron chi connectivity index (χ1n) is 12.3. The van der Waals surface area contributed by atoms with Crippen molar-refractivity contribution in [3.63, 3.8) is 0 Å². The molecule has 4 rings (SSSR count). The Kier molecular flexibility index (Phi) is 10.9. The number of aromatic nitrogens is 3. The summed E-state index contributed by atoms with van der Waals surface area (Å²) in [6.45, 7) is 0. The molecule has 0 saturated heterocycles. The quantitative estimate of drug-likeness (QED) is 0.0583. The highest BCUT2D eigenvalue weighted by atomic mass is 35.5. The Morgan fingerprint density at radius 2 is 1.44 bits per heavy atom. The van der Waals surface area contributed by atoms with Crippen molar-refractivity contribution in [2.75, 3.05) is 48.4 Å². The molecule has 0 atom stereocenters. The van der Waals surface area contributed by atoms with Gasteiger partial charge in [-0.2, -0.15) is 0 Å². The molecule has 2 aromatic heterocycles. The lowest BCUT2D eigenvalue weighted by Crippen LogP contribution is -2.10. The van der Waals surface area contributed by atoms with E-state index in [1.54, 1.807) is 44.6 Å². The largest absolute Gasteiger partial charge is 0.493 e. The smallest absolute Gasteiger partial charge is 0.368 e. The molecular formula is C28H27ClN4O8S2. The summed E-state index contributed by atoms with van der Waals surface area (Å²) in [5.74, 6) is 2.13. The monoisotopic (exact) mass is 646 g/mol. The van der Waals surface area contributed by atoms with Gasteiger partial charge in [-0.3, -0.25) is 0 Å². The van der Waals surface area contributed by atoms with Gasteiger partial charge in [-0.05, 0) is 36.4 Å². The predicted octanol–water partition coefficient (Wildman–Crippen LogP) is 5.66. The number of ether oxygens (including phenoxy) is 6. The van der Waals surface area contributed by atoms with Crippen LogP contribution in [-0.4, -0.2) is 75.3 Å². The molecule has 12 nitrogen and oxygen atoms in total. The number of hydrogen-bond donors (Lipinski definition) is 0. The molecule has 0 aliphatic carbocycles. The molecule has 0 N–H and O–H groups in total. The van der Waals surface area contributed by atoms with E-state index in [-0.39, 0.29) is 16.5 Å². The van der Waals surface area contributed by atoms with Gasteiger partial charge in [0.25, 0.3) is 0 Å². The molecule has 0 spiro atoms. The highest BCUT2D eigenvalue weighted by molar-refractivity contribution is 8.01. The normalized spacial score (nSPS) is 11.1. The topological polar surface area (TPSA) is 133 Å². The summed E-state index contributed by atoms with van der Waals surface area (Å²) in [6.07, 6.45) is 1.47. The average molecular weight is 647 g/mol. The molecule has 4 aromatic rings. The van der Waals surface area contributed by atoms with Gasteiger partial charge < -0.3 is 33.3 Å². The van der Waals surface area contributed by atoms with Crippen molar-refractivity contribution in [3.8, 4) is 45.1 Å². The van der Waals surface area contributed by atoms with E-state index in [4.69, 9.17) is 44.9 Å². The van der Waals surface area contributed by atoms with Crippen molar-refractivity contribution >= 4 is 46.4 Å². The zero-order valence-electron chi connectivity index (χ0n) is 24.0. The fraction of sp³-hybridized carbons (Fsp3) is 0.250. The first-order chi connectivity index (χ1) is 20.9. The highest BCUT2D eigenvalue weighted by Crippen LogP contribution is 2.43. The number of oxime groups is 1. The fourth-order valence-electron chi connectivity index (χ4n) is 3.81. The molecule has 0 fully saturated rings. The third-order valence-electron chi connectivity index (χ3n) is 5.87. The van der Waals surface area contributed by atoms with Crippen molar-refractivity contribution < 1.29 is 38.1 Å². The molecule has 0 saturated carbocycles. The van der Waals surface area contributed by atoms with Crippen molar-refractivity contribution in [3.05, 3.63) is 58.9 Å². The number of nitrogens with zero attached hydrogens (tertiary/aromatic N) is 4. The Morgan fingerprint density at radius 1 is 0.860 bits per heavy atom. The van der Waals surface area contributed by atoms with Gasteiger partial charge in [-0.25, -0.2) is 9.78 Å². The van der Waals surface area contributed by atoms with E-state index in [1.165, 1.54) is 63.8 Å². The highest BCUT2D eigenvalue weighted by Gasteiger charge is 2.20. The Labute approximate surface area is 260 Å². The fourth-order valence-corrected chi connectivity index (χ4v) is 5.80. The van der Waals surface area contributed by atoms with Crippen molar-refractivity contribution in [2.45, 2.75) is 4.34 Å². The van der Waals surface area contributed by atoms with Gasteiger partial charge in [0.1, 0.15) is 10.2 Å². The van der Waals surface area contributed by atoms with E-state index in [0.29, 0.717) is 55.1 Å². The number of rotatable bonds is 13. The van der Waals surface area contributed by atoms with Gasteiger partial charge in [0, 0.05) is 23.1 Å². The van der Waals surface area contributed by atoms with E-state index in [9.17, 15) is 4.79 Å². The van der Waals surface area contributed by atoms with Gasteiger partial charge >= 0.3 is 5.97 Å². The molecule has 2 heterocycles. The molecular weight excluding hydrogens is 620 g/mol. The zero-order valence-corrected chi connectivity index (χ0v) is 26.4. The van der Waals surface area contributed by atoms with Crippen LogP contribution < -0.4 is 28.4 Å². The Hall–Kier alpha value is -4.27. The lowest BCUT2D eigenvalue weighted by Gasteiger charge is -2.14. The SMILES string of the molecule is COc1cc(/C(CSc2nnc(-c3cc(OC)c(OC)c(OC)c3)s2)=N/OC(=O)c2cccnc2Cl)cc(OC)c1OC. The minimum atomic E-state index is -0.770. The summed E-state index contributed by atoms with van der Waals surface area (Å²) in [5.41, 5.74) is 1.74. The third-order valence-corrected chi connectivity index (χ3v) is 8.28. The second kappa shape index (κ2) is 14.8. The maximum absolute atomic E-state index is 12.8. The standard InChI is InChI=1S/C28H27ClN4O8S2/c1-35-19-10-15(11-20(36-2)23(19)39-5)18(33-41-27(34)17-8-7-9-30-25(17)29)14-42-28-32-31-26(43-28)16-12-21(37-3)24(40-6)22(13-16)38-4/h7-13H,14H2,1-6H3/b33-18+. The Bertz CT molecular complexity index is 1580. The van der Waals surface area contributed by atoms with E-state index >= 15 is 0 Å². The summed E-state index contributed by atoms with van der Waals surface area (Å²) in [7, 11) is 9.13. The minimum absolute atomic E-state index is 0.000377. The van der Waals surface area contributed by atoms with Crippen LogP contribution in [0.25, 0.3) is 10.6 Å². The molecule has 15 heteroatoms. The van der Waals surface area contributed by atoms with E-state index in [2.05, 4.69) is 20.3 Å². The first kappa shape index (κ1) is 31.7. The van der Waals surface area contributed by atoms with Crippen LogP contribution in [0.5, 0.6) is 34.5 Å². The summed E-state index contributed by atoms with van der Waals surface area (Å²) in [5, 5.41) is 13.5. The second-order valence-electron chi connectivity index (χ2n) is 8.25. The van der Waals surface area contributed by atoms with Crippen LogP contribution in [0, 0.1) is 0 Å². The Balaban J connectivity index is 1.65. The van der Waals surface area contributed by atoms with E-state index in [1.807, 2.05) is 0 Å². The van der Waals surface area contributed by atoms with Gasteiger partial charge in [-0.1, -0.05) is 39.9 Å². The van der Waals surface area contributed by atoms with Gasteiger partial charge in [0.05, 0.1) is 53.9 Å². The van der Waals surface area contributed by atoms with Crippen LogP contribution in [0.15, 0.2) is 52.1 Å². The lowest BCUT2D eigenvalue weighted by molar-refractivity contribution is 0.0516. The first-order valence-corrected chi connectivity index (χ1v) is 14.5. The van der Waals surface area contributed by atoms with Gasteiger partial charge in [0.15, 0.2) is 27.3 Å². The van der Waals surface area contributed by atoms with Crippen LogP contribution in [0.2, 0.25) is 5.15 Å². The number of benzene rings is 2. The van der Waals surface area contributed by atoms with E-state index < -0.39 is 5.97 Å².